The second-order valence-corrected chi connectivity index (χ2v) is 3.80. The largest absolute Gasteiger partial charge is 0.469 e. The number of hydrogen-bond acceptors (Lipinski definition) is 4. The number of carbonyl (C=O) groups is 1. The molecule has 0 spiro atoms. The van der Waals surface area contributed by atoms with Crippen LogP contribution in [0.3, 0.4) is 0 Å². The molecular weight excluding hydrogens is 218 g/mol. The lowest BCUT2D eigenvalue weighted by Crippen LogP contribution is -2.20. The molecular formula is C12H21N3O2. The van der Waals surface area contributed by atoms with Crippen LogP contribution in [0, 0.1) is 0 Å². The molecule has 0 amide bonds. The number of esters is 1. The Morgan fingerprint density at radius 2 is 2.29 bits per heavy atom. The molecule has 0 unspecified atom stereocenters. The van der Waals surface area contributed by atoms with Gasteiger partial charge in [-0.3, -0.25) is 9.48 Å². The van der Waals surface area contributed by atoms with E-state index in [0.29, 0.717) is 13.0 Å². The zero-order valence-electron chi connectivity index (χ0n) is 10.8. The van der Waals surface area contributed by atoms with Gasteiger partial charge in [-0.25, -0.2) is 0 Å². The summed E-state index contributed by atoms with van der Waals surface area (Å²) in [6.07, 6.45) is 1.35. The maximum absolute atomic E-state index is 10.9. The second-order valence-electron chi connectivity index (χ2n) is 3.80. The smallest absolute Gasteiger partial charge is 0.306 e. The summed E-state index contributed by atoms with van der Waals surface area (Å²) < 4.78 is 6.56. The van der Waals surface area contributed by atoms with Crippen molar-refractivity contribution in [3.8, 4) is 0 Å². The van der Waals surface area contributed by atoms with E-state index in [-0.39, 0.29) is 5.97 Å². The summed E-state index contributed by atoms with van der Waals surface area (Å²) in [7, 11) is 1.40. The first-order valence-corrected chi connectivity index (χ1v) is 6.04. The van der Waals surface area contributed by atoms with Gasteiger partial charge in [-0.15, -0.1) is 0 Å². The Bertz CT molecular complexity index is 361. The average molecular weight is 239 g/mol. The molecule has 1 rings (SSSR count). The molecule has 0 aliphatic rings. The molecule has 0 aliphatic heterocycles. The van der Waals surface area contributed by atoms with Crippen molar-refractivity contribution in [3.05, 3.63) is 17.5 Å². The molecule has 5 nitrogen and oxygen atoms in total. The average Bonchev–Trinajstić information content (AvgIpc) is 2.76. The van der Waals surface area contributed by atoms with Gasteiger partial charge >= 0.3 is 5.97 Å². The molecule has 0 saturated heterocycles. The molecule has 5 heteroatoms. The van der Waals surface area contributed by atoms with E-state index in [4.69, 9.17) is 0 Å². The SMILES string of the molecule is CCc1cc(CNCCC(=O)OC)n(CC)n1. The molecule has 0 saturated carbocycles. The van der Waals surface area contributed by atoms with Crippen molar-refractivity contribution in [2.75, 3.05) is 13.7 Å². The Labute approximate surface area is 102 Å². The van der Waals surface area contributed by atoms with Crippen molar-refractivity contribution in [2.45, 2.75) is 39.8 Å². The molecule has 1 heterocycles. The number of nitrogens with zero attached hydrogens (tertiary/aromatic N) is 2. The Hall–Kier alpha value is -1.36. The number of hydrogen-bond donors (Lipinski definition) is 1. The van der Waals surface area contributed by atoms with Gasteiger partial charge in [-0.05, 0) is 19.4 Å². The van der Waals surface area contributed by atoms with Crippen LogP contribution < -0.4 is 5.32 Å². The van der Waals surface area contributed by atoms with Crippen LogP contribution in [-0.2, 0) is 29.0 Å². The van der Waals surface area contributed by atoms with Crippen LogP contribution in [0.1, 0.15) is 31.7 Å². The van der Waals surface area contributed by atoms with E-state index in [9.17, 15) is 4.79 Å². The second kappa shape index (κ2) is 7.06. The summed E-state index contributed by atoms with van der Waals surface area (Å²) in [5.41, 5.74) is 2.27. The third kappa shape index (κ3) is 4.19. The third-order valence-corrected chi connectivity index (χ3v) is 2.62. The number of nitrogens with one attached hydrogen (secondary N) is 1. The number of aromatic nitrogens is 2. The molecule has 0 atom stereocenters. The fourth-order valence-electron chi connectivity index (χ4n) is 1.61. The Morgan fingerprint density at radius 3 is 2.88 bits per heavy atom. The molecule has 1 aromatic heterocycles. The molecule has 0 radical (unpaired) electrons. The molecule has 0 bridgehead atoms. The number of rotatable bonds is 7. The van der Waals surface area contributed by atoms with Crippen molar-refractivity contribution in [3.63, 3.8) is 0 Å². The zero-order valence-corrected chi connectivity index (χ0v) is 10.8. The van der Waals surface area contributed by atoms with Gasteiger partial charge in [0.05, 0.1) is 24.9 Å². The number of aryl methyl sites for hydroxylation is 2. The molecule has 17 heavy (non-hydrogen) atoms. The highest BCUT2D eigenvalue weighted by Crippen LogP contribution is 2.05. The van der Waals surface area contributed by atoms with E-state index in [0.717, 1.165) is 30.9 Å². The van der Waals surface area contributed by atoms with E-state index in [1.807, 2.05) is 4.68 Å². The van der Waals surface area contributed by atoms with Crippen LogP contribution in [0.2, 0.25) is 0 Å². The topological polar surface area (TPSA) is 56.1 Å². The van der Waals surface area contributed by atoms with Crippen LogP contribution in [0.25, 0.3) is 0 Å². The molecule has 96 valence electrons. The zero-order chi connectivity index (χ0) is 12.7. The summed E-state index contributed by atoms with van der Waals surface area (Å²) in [6, 6.07) is 2.11. The summed E-state index contributed by atoms with van der Waals surface area (Å²) in [5.74, 6) is -0.184. The van der Waals surface area contributed by atoms with Crippen LogP contribution in [0.5, 0.6) is 0 Å². The Balaban J connectivity index is 2.40. The third-order valence-electron chi connectivity index (χ3n) is 2.62. The van der Waals surface area contributed by atoms with Crippen molar-refractivity contribution in [1.29, 1.82) is 0 Å². The fourth-order valence-corrected chi connectivity index (χ4v) is 1.61. The maximum atomic E-state index is 10.9. The van der Waals surface area contributed by atoms with Gasteiger partial charge in [0.25, 0.3) is 0 Å². The fraction of sp³-hybridized carbons (Fsp3) is 0.667. The van der Waals surface area contributed by atoms with Gasteiger partial charge in [-0.1, -0.05) is 6.92 Å². The maximum Gasteiger partial charge on any atom is 0.306 e. The van der Waals surface area contributed by atoms with Gasteiger partial charge in [-0.2, -0.15) is 5.10 Å². The highest BCUT2D eigenvalue weighted by atomic mass is 16.5. The minimum atomic E-state index is -0.184. The lowest BCUT2D eigenvalue weighted by Gasteiger charge is -2.05. The Morgan fingerprint density at radius 1 is 1.53 bits per heavy atom. The van der Waals surface area contributed by atoms with Gasteiger partial charge in [0.15, 0.2) is 0 Å². The van der Waals surface area contributed by atoms with Gasteiger partial charge in [0, 0.05) is 19.6 Å². The summed E-state index contributed by atoms with van der Waals surface area (Å²) in [5, 5.41) is 7.68. The minimum Gasteiger partial charge on any atom is -0.469 e. The highest BCUT2D eigenvalue weighted by molar-refractivity contribution is 5.69. The molecule has 0 aromatic carbocycles. The highest BCUT2D eigenvalue weighted by Gasteiger charge is 2.05. The number of carbonyl (C=O) groups excluding carboxylic acids is 1. The van der Waals surface area contributed by atoms with Crippen molar-refractivity contribution in [1.82, 2.24) is 15.1 Å². The van der Waals surface area contributed by atoms with Crippen molar-refractivity contribution >= 4 is 5.97 Å². The lowest BCUT2D eigenvalue weighted by molar-refractivity contribution is -0.140. The first kappa shape index (κ1) is 13.7. The van der Waals surface area contributed by atoms with Crippen LogP contribution in [0.4, 0.5) is 0 Å². The first-order valence-electron chi connectivity index (χ1n) is 6.04. The predicted octanol–water partition coefficient (Wildman–Crippen LogP) is 1.12. The summed E-state index contributed by atoms with van der Waals surface area (Å²) in [4.78, 5) is 10.9. The van der Waals surface area contributed by atoms with E-state index in [1.165, 1.54) is 7.11 Å². The molecule has 0 fully saturated rings. The van der Waals surface area contributed by atoms with E-state index in [1.54, 1.807) is 0 Å². The Kier molecular flexibility index (Phi) is 5.69. The van der Waals surface area contributed by atoms with Crippen LogP contribution >= 0.6 is 0 Å². The monoisotopic (exact) mass is 239 g/mol. The lowest BCUT2D eigenvalue weighted by atomic mass is 10.3. The van der Waals surface area contributed by atoms with E-state index >= 15 is 0 Å². The summed E-state index contributed by atoms with van der Waals surface area (Å²) >= 11 is 0. The van der Waals surface area contributed by atoms with E-state index < -0.39 is 0 Å². The summed E-state index contributed by atoms with van der Waals surface area (Å²) in [6.45, 7) is 6.40. The van der Waals surface area contributed by atoms with Crippen LogP contribution in [-0.4, -0.2) is 29.4 Å². The minimum absolute atomic E-state index is 0.184. The molecule has 0 aliphatic carbocycles. The van der Waals surface area contributed by atoms with Gasteiger partial charge in [0.1, 0.15) is 0 Å². The van der Waals surface area contributed by atoms with E-state index in [2.05, 4.69) is 35.1 Å². The van der Waals surface area contributed by atoms with Crippen molar-refractivity contribution in [2.24, 2.45) is 0 Å². The van der Waals surface area contributed by atoms with Crippen LogP contribution in [0.15, 0.2) is 6.07 Å². The van der Waals surface area contributed by atoms with Crippen molar-refractivity contribution < 1.29 is 9.53 Å². The molecule has 1 aromatic rings. The predicted molar refractivity (Wildman–Crippen MR) is 65.6 cm³/mol. The standard InChI is InChI=1S/C12H21N3O2/c1-4-10-8-11(15(5-2)14-10)9-13-7-6-12(16)17-3/h8,13H,4-7,9H2,1-3H3. The number of ether oxygens (including phenoxy) is 1. The normalized spacial score (nSPS) is 10.5. The first-order chi connectivity index (χ1) is 8.21. The quantitative estimate of drug-likeness (QED) is 0.572. The van der Waals surface area contributed by atoms with Gasteiger partial charge in [0.2, 0.25) is 0 Å². The number of methoxy groups -OCH3 is 1. The molecule has 1 N–H and O–H groups in total. The van der Waals surface area contributed by atoms with Gasteiger partial charge < -0.3 is 10.1 Å².